The molecule has 0 aromatic heterocycles. The molecular formula is C12H13NO4. The van der Waals surface area contributed by atoms with E-state index in [1.54, 1.807) is 31.4 Å². The summed E-state index contributed by atoms with van der Waals surface area (Å²) in [6.07, 6.45) is 0.361. The first kappa shape index (κ1) is 11.4. The van der Waals surface area contributed by atoms with Gasteiger partial charge in [0.05, 0.1) is 7.11 Å². The molecule has 5 nitrogen and oxygen atoms in total. The average Bonchev–Trinajstić information content (AvgIpc) is 2.71. The summed E-state index contributed by atoms with van der Waals surface area (Å²) in [6, 6.07) is 7.00. The molecule has 1 saturated heterocycles. The second-order valence-corrected chi connectivity index (χ2v) is 3.87. The summed E-state index contributed by atoms with van der Waals surface area (Å²) in [5.74, 6) is -1.60. The van der Waals surface area contributed by atoms with E-state index in [1.165, 1.54) is 4.90 Å². The van der Waals surface area contributed by atoms with E-state index >= 15 is 0 Å². The maximum Gasteiger partial charge on any atom is 0.316 e. The monoisotopic (exact) mass is 235 g/mol. The highest BCUT2D eigenvalue weighted by atomic mass is 16.5. The van der Waals surface area contributed by atoms with Crippen molar-refractivity contribution in [3.8, 4) is 5.75 Å². The van der Waals surface area contributed by atoms with Gasteiger partial charge in [-0.25, -0.2) is 0 Å². The second-order valence-electron chi connectivity index (χ2n) is 3.87. The van der Waals surface area contributed by atoms with E-state index in [9.17, 15) is 9.59 Å². The highest BCUT2D eigenvalue weighted by molar-refractivity contribution is 6.07. The minimum absolute atomic E-state index is 0.345. The highest BCUT2D eigenvalue weighted by Crippen LogP contribution is 2.26. The molecule has 17 heavy (non-hydrogen) atoms. The van der Waals surface area contributed by atoms with Gasteiger partial charge in [0.25, 0.3) is 0 Å². The summed E-state index contributed by atoms with van der Waals surface area (Å²) >= 11 is 0. The molecule has 5 heteroatoms. The molecule has 1 heterocycles. The number of rotatable bonds is 3. The number of ether oxygens (including phenoxy) is 1. The number of anilines is 1. The van der Waals surface area contributed by atoms with Gasteiger partial charge in [0, 0.05) is 12.2 Å². The molecule has 1 aromatic rings. The fourth-order valence-electron chi connectivity index (χ4n) is 1.93. The molecule has 1 amide bonds. The van der Waals surface area contributed by atoms with Crippen molar-refractivity contribution in [3.63, 3.8) is 0 Å². The van der Waals surface area contributed by atoms with Crippen LogP contribution in [0, 0.1) is 5.92 Å². The van der Waals surface area contributed by atoms with Gasteiger partial charge in [-0.05, 0) is 30.7 Å². The van der Waals surface area contributed by atoms with Crippen LogP contribution in [-0.2, 0) is 9.59 Å². The normalized spacial score (nSPS) is 19.5. The summed E-state index contributed by atoms with van der Waals surface area (Å²) in [5.41, 5.74) is 0.708. The molecule has 1 N–H and O–H groups in total. The number of benzene rings is 1. The lowest BCUT2D eigenvalue weighted by atomic mass is 10.1. The zero-order chi connectivity index (χ0) is 12.4. The van der Waals surface area contributed by atoms with Crippen molar-refractivity contribution in [1.29, 1.82) is 0 Å². The van der Waals surface area contributed by atoms with E-state index in [0.717, 1.165) is 0 Å². The van der Waals surface area contributed by atoms with E-state index in [-0.39, 0.29) is 5.91 Å². The molecule has 0 bridgehead atoms. The molecular weight excluding hydrogens is 222 g/mol. The van der Waals surface area contributed by atoms with Crippen molar-refractivity contribution in [3.05, 3.63) is 24.3 Å². The topological polar surface area (TPSA) is 66.8 Å². The molecule has 1 aromatic carbocycles. The third-order valence-corrected chi connectivity index (χ3v) is 2.89. The van der Waals surface area contributed by atoms with Gasteiger partial charge in [0.2, 0.25) is 5.91 Å². The maximum atomic E-state index is 11.8. The molecule has 0 radical (unpaired) electrons. The van der Waals surface area contributed by atoms with Crippen molar-refractivity contribution >= 4 is 17.6 Å². The zero-order valence-electron chi connectivity index (χ0n) is 9.42. The number of amides is 1. The lowest BCUT2D eigenvalue weighted by Gasteiger charge is -2.16. The predicted molar refractivity (Wildman–Crippen MR) is 61.1 cm³/mol. The van der Waals surface area contributed by atoms with Crippen molar-refractivity contribution in [2.75, 3.05) is 18.6 Å². The molecule has 90 valence electrons. The Morgan fingerprint density at radius 1 is 1.41 bits per heavy atom. The van der Waals surface area contributed by atoms with E-state index in [0.29, 0.717) is 24.4 Å². The smallest absolute Gasteiger partial charge is 0.316 e. The highest BCUT2D eigenvalue weighted by Gasteiger charge is 2.37. The maximum absolute atomic E-state index is 11.8. The first-order valence-corrected chi connectivity index (χ1v) is 5.31. The lowest BCUT2D eigenvalue weighted by Crippen LogP contribution is -2.29. The Balaban J connectivity index is 2.18. The quantitative estimate of drug-likeness (QED) is 0.797. The number of carboxylic acid groups (broad SMARTS) is 1. The minimum Gasteiger partial charge on any atom is -0.497 e. The third kappa shape index (κ3) is 2.08. The van der Waals surface area contributed by atoms with E-state index < -0.39 is 11.9 Å². The van der Waals surface area contributed by atoms with Gasteiger partial charge in [-0.1, -0.05) is 0 Å². The van der Waals surface area contributed by atoms with Crippen LogP contribution in [0.4, 0.5) is 5.69 Å². The Morgan fingerprint density at radius 2 is 2.06 bits per heavy atom. The Kier molecular flexibility index (Phi) is 2.99. The number of methoxy groups -OCH3 is 1. The molecule has 0 saturated carbocycles. The number of aliphatic carboxylic acids is 1. The van der Waals surface area contributed by atoms with Crippen molar-refractivity contribution < 1.29 is 19.4 Å². The summed E-state index contributed by atoms with van der Waals surface area (Å²) in [4.78, 5) is 24.1. The Bertz CT molecular complexity index is 440. The van der Waals surface area contributed by atoms with Gasteiger partial charge in [-0.15, -0.1) is 0 Å². The number of carbonyl (C=O) groups excluding carboxylic acids is 1. The summed E-state index contributed by atoms with van der Waals surface area (Å²) in [5, 5.41) is 8.86. The van der Waals surface area contributed by atoms with Gasteiger partial charge in [0.15, 0.2) is 0 Å². The van der Waals surface area contributed by atoms with E-state index in [1.807, 2.05) is 0 Å². The molecule has 2 rings (SSSR count). The standard InChI is InChI=1S/C12H13NO4/c1-17-9-4-2-8(3-5-9)13-7-6-10(11(13)14)12(15)16/h2-5,10H,6-7H2,1H3,(H,15,16)/t10-/m0/s1. The number of hydrogen-bond acceptors (Lipinski definition) is 3. The Morgan fingerprint density at radius 3 is 2.53 bits per heavy atom. The molecule has 1 aliphatic rings. The fraction of sp³-hybridized carbons (Fsp3) is 0.333. The van der Waals surface area contributed by atoms with Crippen molar-refractivity contribution in [2.24, 2.45) is 5.92 Å². The number of nitrogens with zero attached hydrogens (tertiary/aromatic N) is 1. The number of hydrogen-bond donors (Lipinski definition) is 1. The lowest BCUT2D eigenvalue weighted by molar-refractivity contribution is -0.144. The largest absolute Gasteiger partial charge is 0.497 e. The van der Waals surface area contributed by atoms with E-state index in [4.69, 9.17) is 9.84 Å². The van der Waals surface area contributed by atoms with Crippen LogP contribution in [0.2, 0.25) is 0 Å². The fourth-order valence-corrected chi connectivity index (χ4v) is 1.93. The van der Waals surface area contributed by atoms with Gasteiger partial charge in [0.1, 0.15) is 11.7 Å². The van der Waals surface area contributed by atoms with Crippen LogP contribution < -0.4 is 9.64 Å². The number of carboxylic acids is 1. The molecule has 1 atom stereocenters. The van der Waals surface area contributed by atoms with E-state index in [2.05, 4.69) is 0 Å². The molecule has 0 unspecified atom stereocenters. The molecule has 1 fully saturated rings. The summed E-state index contributed by atoms with van der Waals surface area (Å²) < 4.78 is 5.02. The summed E-state index contributed by atoms with van der Waals surface area (Å²) in [6.45, 7) is 0.447. The second kappa shape index (κ2) is 4.45. The predicted octanol–water partition coefficient (Wildman–Crippen LogP) is 1.13. The molecule has 0 aliphatic carbocycles. The van der Waals surface area contributed by atoms with Crippen LogP contribution in [0.25, 0.3) is 0 Å². The van der Waals surface area contributed by atoms with Crippen molar-refractivity contribution in [1.82, 2.24) is 0 Å². The molecule has 1 aliphatic heterocycles. The zero-order valence-corrected chi connectivity index (χ0v) is 9.42. The first-order valence-electron chi connectivity index (χ1n) is 5.31. The van der Waals surface area contributed by atoms with Crippen LogP contribution in [0.3, 0.4) is 0 Å². The minimum atomic E-state index is -1.05. The van der Waals surface area contributed by atoms with Gasteiger partial charge < -0.3 is 14.7 Å². The Labute approximate surface area is 98.6 Å². The Hall–Kier alpha value is -2.04. The van der Waals surface area contributed by atoms with Crippen molar-refractivity contribution in [2.45, 2.75) is 6.42 Å². The van der Waals surface area contributed by atoms with Crippen LogP contribution in [0.5, 0.6) is 5.75 Å². The average molecular weight is 235 g/mol. The molecule has 0 spiro atoms. The van der Waals surface area contributed by atoms with Gasteiger partial charge in [-0.3, -0.25) is 9.59 Å². The summed E-state index contributed by atoms with van der Waals surface area (Å²) in [7, 11) is 1.57. The van der Waals surface area contributed by atoms with Crippen LogP contribution in [0.15, 0.2) is 24.3 Å². The van der Waals surface area contributed by atoms with Crippen LogP contribution >= 0.6 is 0 Å². The third-order valence-electron chi connectivity index (χ3n) is 2.89. The first-order chi connectivity index (χ1) is 8.13. The van der Waals surface area contributed by atoms with Gasteiger partial charge >= 0.3 is 5.97 Å². The van der Waals surface area contributed by atoms with Crippen LogP contribution in [0.1, 0.15) is 6.42 Å². The SMILES string of the molecule is COc1ccc(N2CC[C@H](C(=O)O)C2=O)cc1. The number of carbonyl (C=O) groups is 2. The van der Waals surface area contributed by atoms with Gasteiger partial charge in [-0.2, -0.15) is 0 Å². The van der Waals surface area contributed by atoms with Crippen LogP contribution in [-0.4, -0.2) is 30.6 Å².